The minimum absolute atomic E-state index is 0.717. The van der Waals surface area contributed by atoms with Crippen molar-refractivity contribution in [2.24, 2.45) is 0 Å². The van der Waals surface area contributed by atoms with Crippen LogP contribution in [0.15, 0.2) is 0 Å². The van der Waals surface area contributed by atoms with Crippen molar-refractivity contribution in [3.05, 3.63) is 0 Å². The highest BCUT2D eigenvalue weighted by atomic mass is 16.4. The molecule has 0 aromatic heterocycles. The van der Waals surface area contributed by atoms with Crippen LogP contribution in [-0.4, -0.2) is 14.7 Å². The lowest BCUT2D eigenvalue weighted by molar-refractivity contribution is 0.332. The van der Waals surface area contributed by atoms with Gasteiger partial charge in [0, 0.05) is 6.61 Å². The van der Waals surface area contributed by atoms with Crippen LogP contribution in [0.2, 0.25) is 0 Å². The van der Waals surface area contributed by atoms with Gasteiger partial charge in [0.2, 0.25) is 0 Å². The maximum absolute atomic E-state index is 4.91. The standard InChI is InChI=1S/C10H21BO/c1-2-3-4-5-6-7-8-9-10-12-11/h2-10H2,1H3. The number of hydrogen-bond donors (Lipinski definition) is 0. The second kappa shape index (κ2) is 11.0. The molecule has 0 spiro atoms. The van der Waals surface area contributed by atoms with Crippen LogP contribution in [0.5, 0.6) is 0 Å². The van der Waals surface area contributed by atoms with Crippen molar-refractivity contribution in [1.82, 2.24) is 0 Å². The summed E-state index contributed by atoms with van der Waals surface area (Å²) in [6.45, 7) is 2.97. The van der Waals surface area contributed by atoms with E-state index in [1.54, 1.807) is 0 Å². The van der Waals surface area contributed by atoms with Crippen molar-refractivity contribution >= 4 is 8.05 Å². The maximum Gasteiger partial charge on any atom is 0.282 e. The molecule has 0 aliphatic heterocycles. The Morgan fingerprint density at radius 2 is 1.33 bits per heavy atom. The summed E-state index contributed by atoms with van der Waals surface area (Å²) in [7, 11) is 4.91. The van der Waals surface area contributed by atoms with E-state index in [2.05, 4.69) is 11.6 Å². The minimum Gasteiger partial charge on any atom is -0.448 e. The summed E-state index contributed by atoms with van der Waals surface area (Å²) in [5.41, 5.74) is 0. The van der Waals surface area contributed by atoms with Crippen LogP contribution in [0.25, 0.3) is 0 Å². The molecule has 0 rings (SSSR count). The lowest BCUT2D eigenvalue weighted by atomic mass is 10.1. The zero-order valence-corrected chi connectivity index (χ0v) is 8.35. The largest absolute Gasteiger partial charge is 0.448 e. The fourth-order valence-corrected chi connectivity index (χ4v) is 1.32. The van der Waals surface area contributed by atoms with Crippen LogP contribution in [0.4, 0.5) is 0 Å². The topological polar surface area (TPSA) is 9.23 Å². The molecule has 0 bridgehead atoms. The Morgan fingerprint density at radius 1 is 0.833 bits per heavy atom. The van der Waals surface area contributed by atoms with E-state index < -0.39 is 0 Å². The predicted octanol–water partition coefficient (Wildman–Crippen LogP) is 3.23. The fraction of sp³-hybridized carbons (Fsp3) is 1.00. The van der Waals surface area contributed by atoms with E-state index in [-0.39, 0.29) is 0 Å². The molecule has 0 atom stereocenters. The molecule has 0 aliphatic carbocycles. The summed E-state index contributed by atoms with van der Waals surface area (Å²) in [5.74, 6) is 0. The van der Waals surface area contributed by atoms with Gasteiger partial charge in [-0.1, -0.05) is 51.9 Å². The summed E-state index contributed by atoms with van der Waals surface area (Å²) in [6, 6.07) is 0. The molecule has 0 aromatic rings. The normalized spacial score (nSPS) is 10.4. The summed E-state index contributed by atoms with van der Waals surface area (Å²) in [5, 5.41) is 0. The van der Waals surface area contributed by atoms with Gasteiger partial charge in [0.1, 0.15) is 0 Å². The molecule has 0 aromatic carbocycles. The van der Waals surface area contributed by atoms with E-state index in [9.17, 15) is 0 Å². The second-order valence-corrected chi connectivity index (χ2v) is 3.35. The maximum atomic E-state index is 4.91. The molecular formula is C10H21BO. The first kappa shape index (κ1) is 12.0. The van der Waals surface area contributed by atoms with Crippen LogP contribution < -0.4 is 0 Å². The molecule has 2 heteroatoms. The van der Waals surface area contributed by atoms with Gasteiger partial charge in [0.15, 0.2) is 0 Å². The SMILES string of the molecule is [B]OCCCCCCCCCC. The van der Waals surface area contributed by atoms with Crippen molar-refractivity contribution < 1.29 is 4.65 Å². The van der Waals surface area contributed by atoms with Gasteiger partial charge >= 0.3 is 0 Å². The third kappa shape index (κ3) is 10.0. The van der Waals surface area contributed by atoms with Gasteiger partial charge in [-0.3, -0.25) is 0 Å². The summed E-state index contributed by atoms with van der Waals surface area (Å²) < 4.78 is 4.49. The molecule has 2 radical (unpaired) electrons. The zero-order valence-electron chi connectivity index (χ0n) is 8.35. The minimum atomic E-state index is 0.717. The van der Waals surface area contributed by atoms with E-state index in [0.717, 1.165) is 13.0 Å². The number of rotatable bonds is 9. The first-order chi connectivity index (χ1) is 5.91. The molecule has 0 amide bonds. The smallest absolute Gasteiger partial charge is 0.282 e. The van der Waals surface area contributed by atoms with E-state index >= 15 is 0 Å². The predicted molar refractivity (Wildman–Crippen MR) is 54.3 cm³/mol. The average molecular weight is 168 g/mol. The van der Waals surface area contributed by atoms with Crippen LogP contribution in [-0.2, 0) is 4.65 Å². The molecule has 0 saturated heterocycles. The fourth-order valence-electron chi connectivity index (χ4n) is 1.32. The van der Waals surface area contributed by atoms with E-state index in [0.29, 0.717) is 0 Å². The zero-order chi connectivity index (χ0) is 9.07. The Morgan fingerprint density at radius 3 is 1.83 bits per heavy atom. The molecule has 70 valence electrons. The van der Waals surface area contributed by atoms with Gasteiger partial charge in [-0.05, 0) is 6.42 Å². The van der Waals surface area contributed by atoms with Gasteiger partial charge in [-0.25, -0.2) is 0 Å². The molecule has 0 saturated carbocycles. The summed E-state index contributed by atoms with van der Waals surface area (Å²) in [6.07, 6.45) is 10.6. The van der Waals surface area contributed by atoms with Crippen LogP contribution in [0.1, 0.15) is 58.3 Å². The molecule has 0 fully saturated rings. The first-order valence-corrected chi connectivity index (χ1v) is 5.23. The van der Waals surface area contributed by atoms with Crippen LogP contribution in [0.3, 0.4) is 0 Å². The van der Waals surface area contributed by atoms with Crippen molar-refractivity contribution in [2.45, 2.75) is 58.3 Å². The summed E-state index contributed by atoms with van der Waals surface area (Å²) in [4.78, 5) is 0. The lowest BCUT2D eigenvalue weighted by Gasteiger charge is -2.00. The monoisotopic (exact) mass is 168 g/mol. The molecule has 12 heavy (non-hydrogen) atoms. The van der Waals surface area contributed by atoms with Crippen molar-refractivity contribution in [3.63, 3.8) is 0 Å². The highest BCUT2D eigenvalue weighted by molar-refractivity contribution is 5.97. The Kier molecular flexibility index (Phi) is 11.0. The second-order valence-electron chi connectivity index (χ2n) is 3.35. The third-order valence-corrected chi connectivity index (χ3v) is 2.12. The third-order valence-electron chi connectivity index (χ3n) is 2.12. The molecule has 0 aliphatic rings. The Balaban J connectivity index is 2.73. The average Bonchev–Trinajstić information content (AvgIpc) is 2.10. The molecule has 0 unspecified atom stereocenters. The highest BCUT2D eigenvalue weighted by Gasteiger charge is 1.90. The lowest BCUT2D eigenvalue weighted by Crippen LogP contribution is -1.89. The first-order valence-electron chi connectivity index (χ1n) is 5.23. The highest BCUT2D eigenvalue weighted by Crippen LogP contribution is 2.07. The van der Waals surface area contributed by atoms with E-state index in [1.807, 2.05) is 0 Å². The molecule has 0 N–H and O–H groups in total. The quantitative estimate of drug-likeness (QED) is 0.379. The van der Waals surface area contributed by atoms with Crippen molar-refractivity contribution in [2.75, 3.05) is 6.61 Å². The van der Waals surface area contributed by atoms with Gasteiger partial charge < -0.3 is 4.65 Å². The van der Waals surface area contributed by atoms with E-state index in [1.165, 1.54) is 44.9 Å². The van der Waals surface area contributed by atoms with Crippen molar-refractivity contribution in [3.8, 4) is 0 Å². The molecule has 1 nitrogen and oxygen atoms in total. The number of unbranched alkanes of at least 4 members (excludes halogenated alkanes) is 7. The number of hydrogen-bond acceptors (Lipinski definition) is 1. The van der Waals surface area contributed by atoms with Gasteiger partial charge in [-0.15, -0.1) is 0 Å². The molecule has 0 heterocycles. The summed E-state index contributed by atoms with van der Waals surface area (Å²) >= 11 is 0. The van der Waals surface area contributed by atoms with E-state index in [4.69, 9.17) is 8.05 Å². The van der Waals surface area contributed by atoms with Crippen LogP contribution in [0, 0.1) is 0 Å². The van der Waals surface area contributed by atoms with Crippen molar-refractivity contribution in [1.29, 1.82) is 0 Å². The Hall–Kier alpha value is 0.0249. The van der Waals surface area contributed by atoms with Gasteiger partial charge in [-0.2, -0.15) is 0 Å². The van der Waals surface area contributed by atoms with Crippen LogP contribution >= 0.6 is 0 Å². The Bertz CT molecular complexity index is 66.2. The van der Waals surface area contributed by atoms with Gasteiger partial charge in [0.05, 0.1) is 0 Å². The van der Waals surface area contributed by atoms with Gasteiger partial charge in [0.25, 0.3) is 8.05 Å². The molecular weight excluding hydrogens is 147 g/mol. The Labute approximate surface area is 78.3 Å².